The molecule has 18 heavy (non-hydrogen) atoms. The maximum Gasteiger partial charge on any atom is 0.254 e. The number of hydrogen-bond acceptors (Lipinski definition) is 4. The van der Waals surface area contributed by atoms with Gasteiger partial charge in [0, 0.05) is 13.1 Å². The molecule has 0 bridgehead atoms. The lowest BCUT2D eigenvalue weighted by Gasteiger charge is -2.22. The predicted octanol–water partition coefficient (Wildman–Crippen LogP) is 1.14. The molecule has 1 saturated heterocycles. The van der Waals surface area contributed by atoms with Crippen LogP contribution in [0.5, 0.6) is 0 Å². The SMILES string of the molecule is N#Cc1ccc(NC(=O)C2CNCCO2)c(Cl)c1. The van der Waals surface area contributed by atoms with E-state index >= 15 is 0 Å². The van der Waals surface area contributed by atoms with Gasteiger partial charge in [-0.05, 0) is 18.2 Å². The quantitative estimate of drug-likeness (QED) is 0.841. The fourth-order valence-electron chi connectivity index (χ4n) is 1.63. The Hall–Kier alpha value is -1.61. The number of anilines is 1. The van der Waals surface area contributed by atoms with Crippen molar-refractivity contribution >= 4 is 23.2 Å². The fraction of sp³-hybridized carbons (Fsp3) is 0.333. The van der Waals surface area contributed by atoms with Crippen molar-refractivity contribution < 1.29 is 9.53 Å². The van der Waals surface area contributed by atoms with Crippen LogP contribution in [0, 0.1) is 11.3 Å². The Balaban J connectivity index is 2.04. The zero-order chi connectivity index (χ0) is 13.0. The second-order valence-corrected chi connectivity index (χ2v) is 4.27. The van der Waals surface area contributed by atoms with Gasteiger partial charge in [-0.3, -0.25) is 4.79 Å². The standard InChI is InChI=1S/C12H12ClN3O2/c13-9-5-8(6-14)1-2-10(9)16-12(17)11-7-15-3-4-18-11/h1-2,5,11,15H,3-4,7H2,(H,16,17). The molecule has 1 aliphatic rings. The number of carbonyl (C=O) groups excluding carboxylic acids is 1. The number of amides is 1. The zero-order valence-electron chi connectivity index (χ0n) is 9.57. The van der Waals surface area contributed by atoms with Gasteiger partial charge in [-0.2, -0.15) is 5.26 Å². The van der Waals surface area contributed by atoms with Crippen LogP contribution >= 0.6 is 11.6 Å². The van der Waals surface area contributed by atoms with Crippen LogP contribution in [-0.2, 0) is 9.53 Å². The van der Waals surface area contributed by atoms with E-state index in [1.165, 1.54) is 6.07 Å². The van der Waals surface area contributed by atoms with Gasteiger partial charge in [0.1, 0.15) is 6.10 Å². The Bertz CT molecular complexity index is 493. The van der Waals surface area contributed by atoms with E-state index in [9.17, 15) is 4.79 Å². The lowest BCUT2D eigenvalue weighted by atomic mass is 10.2. The highest BCUT2D eigenvalue weighted by atomic mass is 35.5. The lowest BCUT2D eigenvalue weighted by molar-refractivity contribution is -0.128. The number of morpholine rings is 1. The van der Waals surface area contributed by atoms with E-state index < -0.39 is 6.10 Å². The molecule has 0 aromatic heterocycles. The summed E-state index contributed by atoms with van der Waals surface area (Å²) in [7, 11) is 0. The number of nitriles is 1. The van der Waals surface area contributed by atoms with Crippen LogP contribution < -0.4 is 10.6 Å². The third-order valence-corrected chi connectivity index (χ3v) is 2.89. The van der Waals surface area contributed by atoms with Crippen LogP contribution in [0.2, 0.25) is 5.02 Å². The first-order valence-electron chi connectivity index (χ1n) is 5.53. The summed E-state index contributed by atoms with van der Waals surface area (Å²) in [6.07, 6.45) is -0.509. The topological polar surface area (TPSA) is 74.2 Å². The van der Waals surface area contributed by atoms with Gasteiger partial charge in [-0.25, -0.2) is 0 Å². The number of rotatable bonds is 2. The van der Waals surface area contributed by atoms with Crippen LogP contribution in [0.1, 0.15) is 5.56 Å². The molecular formula is C12H12ClN3O2. The minimum atomic E-state index is -0.509. The summed E-state index contributed by atoms with van der Waals surface area (Å²) in [6, 6.07) is 6.70. The highest BCUT2D eigenvalue weighted by Crippen LogP contribution is 2.23. The molecule has 0 saturated carbocycles. The van der Waals surface area contributed by atoms with Gasteiger partial charge >= 0.3 is 0 Å². The normalized spacial score (nSPS) is 19.0. The average molecular weight is 266 g/mol. The average Bonchev–Trinajstić information content (AvgIpc) is 2.42. The highest BCUT2D eigenvalue weighted by Gasteiger charge is 2.22. The van der Waals surface area contributed by atoms with Gasteiger partial charge < -0.3 is 15.4 Å². The lowest BCUT2D eigenvalue weighted by Crippen LogP contribution is -2.45. The van der Waals surface area contributed by atoms with Crippen LogP contribution in [-0.4, -0.2) is 31.7 Å². The molecule has 2 N–H and O–H groups in total. The van der Waals surface area contributed by atoms with Crippen molar-refractivity contribution in [2.75, 3.05) is 25.0 Å². The summed E-state index contributed by atoms with van der Waals surface area (Å²) in [5.41, 5.74) is 0.934. The fourth-order valence-corrected chi connectivity index (χ4v) is 1.86. The third-order valence-electron chi connectivity index (χ3n) is 2.58. The molecule has 0 radical (unpaired) electrons. The van der Waals surface area contributed by atoms with E-state index in [0.29, 0.717) is 29.4 Å². The van der Waals surface area contributed by atoms with Crippen molar-refractivity contribution in [1.82, 2.24) is 5.32 Å². The van der Waals surface area contributed by atoms with Crippen LogP contribution in [0.25, 0.3) is 0 Å². The Labute approximate surface area is 110 Å². The number of carbonyl (C=O) groups is 1. The van der Waals surface area contributed by atoms with Crippen molar-refractivity contribution in [3.8, 4) is 6.07 Å². The van der Waals surface area contributed by atoms with E-state index in [1.807, 2.05) is 6.07 Å². The first-order chi connectivity index (χ1) is 8.70. The number of nitrogens with one attached hydrogen (secondary N) is 2. The number of halogens is 1. The molecule has 0 aliphatic carbocycles. The van der Waals surface area contributed by atoms with Gasteiger partial charge in [0.05, 0.1) is 28.9 Å². The molecule has 94 valence electrons. The summed E-state index contributed by atoms with van der Waals surface area (Å²) in [5, 5.41) is 14.8. The molecule has 0 spiro atoms. The van der Waals surface area contributed by atoms with Crippen LogP contribution in [0.4, 0.5) is 5.69 Å². The Kier molecular flexibility index (Phi) is 4.15. The molecule has 5 nitrogen and oxygen atoms in total. The maximum absolute atomic E-state index is 11.9. The van der Waals surface area contributed by atoms with Crippen molar-refractivity contribution in [1.29, 1.82) is 5.26 Å². The van der Waals surface area contributed by atoms with E-state index in [-0.39, 0.29) is 5.91 Å². The van der Waals surface area contributed by atoms with Crippen molar-refractivity contribution in [3.63, 3.8) is 0 Å². The van der Waals surface area contributed by atoms with Crippen LogP contribution in [0.15, 0.2) is 18.2 Å². The minimum Gasteiger partial charge on any atom is -0.366 e. The van der Waals surface area contributed by atoms with Gasteiger partial charge in [-0.1, -0.05) is 11.6 Å². The van der Waals surface area contributed by atoms with Crippen molar-refractivity contribution in [2.24, 2.45) is 0 Å². The third kappa shape index (κ3) is 2.99. The van der Waals surface area contributed by atoms with E-state index in [4.69, 9.17) is 21.6 Å². The molecule has 1 amide bonds. The van der Waals surface area contributed by atoms with Gasteiger partial charge in [0.15, 0.2) is 0 Å². The second kappa shape index (κ2) is 5.83. The van der Waals surface area contributed by atoms with E-state index in [2.05, 4.69) is 10.6 Å². The monoisotopic (exact) mass is 265 g/mol. The number of nitrogens with zero attached hydrogens (tertiary/aromatic N) is 1. The molecule has 1 aliphatic heterocycles. The molecule has 1 fully saturated rings. The smallest absolute Gasteiger partial charge is 0.254 e. The zero-order valence-corrected chi connectivity index (χ0v) is 10.3. The predicted molar refractivity (Wildman–Crippen MR) is 67.4 cm³/mol. The molecule has 1 aromatic carbocycles. The highest BCUT2D eigenvalue weighted by molar-refractivity contribution is 6.33. The van der Waals surface area contributed by atoms with E-state index in [0.717, 1.165) is 6.54 Å². The summed E-state index contributed by atoms with van der Waals surface area (Å²) < 4.78 is 5.33. The maximum atomic E-state index is 11.9. The molecule has 1 aromatic rings. The molecule has 1 atom stereocenters. The number of hydrogen-bond donors (Lipinski definition) is 2. The van der Waals surface area contributed by atoms with Crippen molar-refractivity contribution in [2.45, 2.75) is 6.10 Å². The first-order valence-corrected chi connectivity index (χ1v) is 5.91. The Morgan fingerprint density at radius 2 is 2.44 bits per heavy atom. The largest absolute Gasteiger partial charge is 0.366 e. The molecular weight excluding hydrogens is 254 g/mol. The van der Waals surface area contributed by atoms with Crippen molar-refractivity contribution in [3.05, 3.63) is 28.8 Å². The second-order valence-electron chi connectivity index (χ2n) is 3.86. The van der Waals surface area contributed by atoms with Gasteiger partial charge in [-0.15, -0.1) is 0 Å². The Morgan fingerprint density at radius 3 is 3.06 bits per heavy atom. The van der Waals surface area contributed by atoms with E-state index in [1.54, 1.807) is 12.1 Å². The molecule has 6 heteroatoms. The summed E-state index contributed by atoms with van der Waals surface area (Å²) in [6.45, 7) is 1.75. The number of benzene rings is 1. The summed E-state index contributed by atoms with van der Waals surface area (Å²) >= 11 is 5.97. The molecule has 2 rings (SSSR count). The summed E-state index contributed by atoms with van der Waals surface area (Å²) in [4.78, 5) is 11.9. The Morgan fingerprint density at radius 1 is 1.61 bits per heavy atom. The summed E-state index contributed by atoms with van der Waals surface area (Å²) in [5.74, 6) is -0.242. The molecule has 1 heterocycles. The van der Waals surface area contributed by atoms with Gasteiger partial charge in [0.25, 0.3) is 5.91 Å². The molecule has 1 unspecified atom stereocenters. The number of ether oxygens (including phenoxy) is 1. The first kappa shape index (κ1) is 12.8. The minimum absolute atomic E-state index is 0.242. The van der Waals surface area contributed by atoms with Crippen LogP contribution in [0.3, 0.4) is 0 Å². The van der Waals surface area contributed by atoms with Gasteiger partial charge in [0.2, 0.25) is 0 Å².